The summed E-state index contributed by atoms with van der Waals surface area (Å²) < 4.78 is 0. The van der Waals surface area contributed by atoms with Crippen molar-refractivity contribution in [3.8, 4) is 0 Å². The highest BCUT2D eigenvalue weighted by Crippen LogP contribution is 2.56. The molecule has 3 rings (SSSR count). The predicted molar refractivity (Wildman–Crippen MR) is 65.1 cm³/mol. The summed E-state index contributed by atoms with van der Waals surface area (Å²) in [6, 6.07) is 0. The van der Waals surface area contributed by atoms with E-state index >= 15 is 0 Å². The number of fused-ring (bicyclic) bond motifs is 1. The van der Waals surface area contributed by atoms with E-state index in [1.807, 2.05) is 12.4 Å². The Kier molecular flexibility index (Phi) is 2.23. The summed E-state index contributed by atoms with van der Waals surface area (Å²) in [5.74, 6) is 0.546. The van der Waals surface area contributed by atoms with Gasteiger partial charge < -0.3 is 5.11 Å². The fourth-order valence-electron chi connectivity index (χ4n) is 2.29. The molecule has 2 unspecified atom stereocenters. The van der Waals surface area contributed by atoms with Crippen LogP contribution in [0.25, 0.3) is 0 Å². The number of aromatic nitrogens is 1. The van der Waals surface area contributed by atoms with Crippen molar-refractivity contribution in [3.63, 3.8) is 0 Å². The summed E-state index contributed by atoms with van der Waals surface area (Å²) in [4.78, 5) is 10.1. The monoisotopic (exact) mass is 234 g/mol. The third-order valence-electron chi connectivity index (χ3n) is 3.42. The Balaban J connectivity index is 1.94. The molecule has 1 saturated carbocycles. The van der Waals surface area contributed by atoms with Gasteiger partial charge in [-0.05, 0) is 13.3 Å². The van der Waals surface area contributed by atoms with Crippen molar-refractivity contribution < 1.29 is 5.11 Å². The zero-order chi connectivity index (χ0) is 11.2. The van der Waals surface area contributed by atoms with Crippen molar-refractivity contribution in [1.82, 2.24) is 4.98 Å². The van der Waals surface area contributed by atoms with Crippen molar-refractivity contribution in [3.05, 3.63) is 27.9 Å². The molecule has 0 aromatic carbocycles. The van der Waals surface area contributed by atoms with Crippen LogP contribution in [0.3, 0.4) is 0 Å². The van der Waals surface area contributed by atoms with E-state index in [1.54, 1.807) is 11.3 Å². The molecule has 0 saturated heterocycles. The Morgan fingerprint density at radius 2 is 2.50 bits per heavy atom. The summed E-state index contributed by atoms with van der Waals surface area (Å²) in [5.41, 5.74) is 1.20. The molecular formula is C12H14N2OS. The third-order valence-corrected chi connectivity index (χ3v) is 4.63. The lowest BCUT2D eigenvalue weighted by Crippen LogP contribution is -2.09. The van der Waals surface area contributed by atoms with Gasteiger partial charge in [0.1, 0.15) is 5.01 Å². The Morgan fingerprint density at radius 1 is 1.62 bits per heavy atom. The molecule has 1 fully saturated rings. The highest BCUT2D eigenvalue weighted by atomic mass is 32.1. The van der Waals surface area contributed by atoms with Crippen LogP contribution >= 0.6 is 11.3 Å². The zero-order valence-electron chi connectivity index (χ0n) is 9.18. The van der Waals surface area contributed by atoms with Crippen LogP contribution in [0.2, 0.25) is 0 Å². The molecule has 16 heavy (non-hydrogen) atoms. The maximum atomic E-state index is 8.97. The van der Waals surface area contributed by atoms with Crippen LogP contribution in [0, 0.1) is 12.8 Å². The zero-order valence-corrected chi connectivity index (χ0v) is 10.00. The van der Waals surface area contributed by atoms with E-state index in [2.05, 4.69) is 23.0 Å². The van der Waals surface area contributed by atoms with Gasteiger partial charge in [0.2, 0.25) is 0 Å². The lowest BCUT2D eigenvalue weighted by Gasteiger charge is -2.08. The van der Waals surface area contributed by atoms with Gasteiger partial charge in [0, 0.05) is 36.2 Å². The molecule has 0 radical (unpaired) electrons. The molecule has 0 spiro atoms. The third kappa shape index (κ3) is 1.37. The summed E-state index contributed by atoms with van der Waals surface area (Å²) in [6.07, 6.45) is 7.90. The van der Waals surface area contributed by atoms with E-state index in [0.29, 0.717) is 12.3 Å². The van der Waals surface area contributed by atoms with E-state index in [1.165, 1.54) is 9.88 Å². The Morgan fingerprint density at radius 3 is 3.25 bits per heavy atom. The van der Waals surface area contributed by atoms with Crippen LogP contribution in [0.4, 0.5) is 0 Å². The lowest BCUT2D eigenvalue weighted by atomic mass is 10.0. The van der Waals surface area contributed by atoms with E-state index in [-0.39, 0.29) is 12.0 Å². The van der Waals surface area contributed by atoms with Crippen molar-refractivity contribution in [2.24, 2.45) is 10.9 Å². The summed E-state index contributed by atoms with van der Waals surface area (Å²) in [5, 5.41) is 10.2. The standard InChI is InChI=1S/C12H14N2OS/c1-8-10(2-5-15)14-11(16-8)12-3-4-13-7-9(12)6-12/h3-4,7,9,15H,2,5-6H2,1H3. The number of aliphatic hydroxyl groups excluding tert-OH is 1. The second-order valence-corrected chi connectivity index (χ2v) is 5.66. The molecule has 84 valence electrons. The van der Waals surface area contributed by atoms with Crippen LogP contribution in [-0.4, -0.2) is 22.9 Å². The minimum Gasteiger partial charge on any atom is -0.396 e. The highest BCUT2D eigenvalue weighted by Gasteiger charge is 2.55. The number of nitrogens with zero attached hydrogens (tertiary/aromatic N) is 2. The van der Waals surface area contributed by atoms with Crippen LogP contribution in [-0.2, 0) is 11.8 Å². The Labute approximate surface area is 98.6 Å². The number of aliphatic imine (C=N–C) groups is 1. The van der Waals surface area contributed by atoms with Gasteiger partial charge in [0.25, 0.3) is 0 Å². The number of rotatable bonds is 3. The topological polar surface area (TPSA) is 45.5 Å². The number of hydrogen-bond acceptors (Lipinski definition) is 4. The molecule has 0 bridgehead atoms. The van der Waals surface area contributed by atoms with Gasteiger partial charge in [-0.2, -0.15) is 0 Å². The van der Waals surface area contributed by atoms with Gasteiger partial charge in [0.05, 0.1) is 11.1 Å². The number of allylic oxidation sites excluding steroid dienone is 1. The van der Waals surface area contributed by atoms with E-state index in [0.717, 1.165) is 12.1 Å². The molecule has 2 heterocycles. The van der Waals surface area contributed by atoms with Crippen molar-refractivity contribution in [2.75, 3.05) is 6.61 Å². The summed E-state index contributed by atoms with van der Waals surface area (Å²) in [6.45, 7) is 2.26. The molecule has 1 aliphatic carbocycles. The molecule has 1 N–H and O–H groups in total. The van der Waals surface area contributed by atoms with Gasteiger partial charge in [0.15, 0.2) is 0 Å². The van der Waals surface area contributed by atoms with Crippen LogP contribution in [0.15, 0.2) is 17.3 Å². The molecule has 1 aromatic rings. The first-order valence-electron chi connectivity index (χ1n) is 5.55. The number of aliphatic hydroxyl groups is 1. The Hall–Kier alpha value is -1.00. The minimum atomic E-state index is 0.144. The average molecular weight is 234 g/mol. The van der Waals surface area contributed by atoms with Gasteiger partial charge in [-0.3, -0.25) is 4.99 Å². The van der Waals surface area contributed by atoms with Gasteiger partial charge in [-0.25, -0.2) is 4.98 Å². The van der Waals surface area contributed by atoms with E-state index in [4.69, 9.17) is 5.11 Å². The molecular weight excluding hydrogens is 220 g/mol. The first-order chi connectivity index (χ1) is 7.76. The van der Waals surface area contributed by atoms with Crippen LogP contribution in [0.1, 0.15) is 22.0 Å². The fraction of sp³-hybridized carbons (Fsp3) is 0.500. The summed E-state index contributed by atoms with van der Waals surface area (Å²) >= 11 is 1.77. The quantitative estimate of drug-likeness (QED) is 0.867. The second-order valence-electron chi connectivity index (χ2n) is 4.46. The normalized spacial score (nSPS) is 30.5. The highest BCUT2D eigenvalue weighted by molar-refractivity contribution is 7.11. The Bertz CT molecular complexity index is 477. The molecule has 2 aliphatic rings. The molecule has 1 aliphatic heterocycles. The maximum absolute atomic E-state index is 8.97. The second kappa shape index (κ2) is 3.50. The van der Waals surface area contributed by atoms with Gasteiger partial charge in [-0.15, -0.1) is 11.3 Å². The maximum Gasteiger partial charge on any atom is 0.104 e. The average Bonchev–Trinajstić information content (AvgIpc) is 2.93. The summed E-state index contributed by atoms with van der Waals surface area (Å²) in [7, 11) is 0. The predicted octanol–water partition coefficient (Wildman–Crippen LogP) is 1.84. The minimum absolute atomic E-state index is 0.144. The largest absolute Gasteiger partial charge is 0.396 e. The number of aryl methyl sites for hydroxylation is 1. The van der Waals surface area contributed by atoms with Gasteiger partial charge in [-0.1, -0.05) is 6.08 Å². The first-order valence-corrected chi connectivity index (χ1v) is 6.36. The number of hydrogen-bond donors (Lipinski definition) is 1. The number of thiazole rings is 1. The first kappa shape index (κ1) is 10.2. The fourth-order valence-corrected chi connectivity index (χ4v) is 3.50. The smallest absolute Gasteiger partial charge is 0.104 e. The SMILES string of the molecule is Cc1sc(C23C=CN=CC2C3)nc1CCO. The van der Waals surface area contributed by atoms with Crippen molar-refractivity contribution in [1.29, 1.82) is 0 Å². The molecule has 3 nitrogen and oxygen atoms in total. The molecule has 0 amide bonds. The van der Waals surface area contributed by atoms with Gasteiger partial charge >= 0.3 is 0 Å². The van der Waals surface area contributed by atoms with Crippen molar-refractivity contribution >= 4 is 17.6 Å². The van der Waals surface area contributed by atoms with Crippen molar-refractivity contribution in [2.45, 2.75) is 25.2 Å². The molecule has 4 heteroatoms. The van der Waals surface area contributed by atoms with Crippen LogP contribution < -0.4 is 0 Å². The molecule has 1 aromatic heterocycles. The molecule has 2 atom stereocenters. The van der Waals surface area contributed by atoms with Crippen LogP contribution in [0.5, 0.6) is 0 Å². The van der Waals surface area contributed by atoms with E-state index in [9.17, 15) is 0 Å². The van der Waals surface area contributed by atoms with E-state index < -0.39 is 0 Å². The lowest BCUT2D eigenvalue weighted by molar-refractivity contribution is 0.298.